The molecule has 0 unspecified atom stereocenters. The summed E-state index contributed by atoms with van der Waals surface area (Å²) < 4.78 is 43.6. The van der Waals surface area contributed by atoms with Gasteiger partial charge in [-0.1, -0.05) is 19.3 Å². The SMILES string of the molecule is NC1(c2nc3cc(C(F)(F)F)ccc3o2)CCCCC1. The molecule has 1 aliphatic rings. The van der Waals surface area contributed by atoms with Crippen molar-refractivity contribution in [3.8, 4) is 0 Å². The summed E-state index contributed by atoms with van der Waals surface area (Å²) >= 11 is 0. The highest BCUT2D eigenvalue weighted by Gasteiger charge is 2.35. The Balaban J connectivity index is 2.02. The molecule has 1 aliphatic carbocycles. The molecule has 0 atom stereocenters. The molecule has 1 aromatic heterocycles. The van der Waals surface area contributed by atoms with Gasteiger partial charge < -0.3 is 10.2 Å². The van der Waals surface area contributed by atoms with E-state index in [1.807, 2.05) is 0 Å². The highest BCUT2D eigenvalue weighted by atomic mass is 19.4. The van der Waals surface area contributed by atoms with E-state index in [-0.39, 0.29) is 5.52 Å². The highest BCUT2D eigenvalue weighted by Crippen LogP contribution is 2.37. The van der Waals surface area contributed by atoms with Crippen LogP contribution in [0.1, 0.15) is 43.6 Å². The molecule has 0 aliphatic heterocycles. The van der Waals surface area contributed by atoms with Crippen LogP contribution in [-0.2, 0) is 11.7 Å². The van der Waals surface area contributed by atoms with E-state index in [1.54, 1.807) is 0 Å². The summed E-state index contributed by atoms with van der Waals surface area (Å²) in [4.78, 5) is 4.19. The van der Waals surface area contributed by atoms with Gasteiger partial charge in [0.05, 0.1) is 11.1 Å². The zero-order chi connectivity index (χ0) is 14.4. The minimum absolute atomic E-state index is 0.213. The Morgan fingerprint density at radius 1 is 1.15 bits per heavy atom. The van der Waals surface area contributed by atoms with Crippen molar-refractivity contribution in [1.29, 1.82) is 0 Å². The summed E-state index contributed by atoms with van der Waals surface area (Å²) in [6, 6.07) is 3.32. The maximum Gasteiger partial charge on any atom is 0.416 e. The zero-order valence-electron chi connectivity index (χ0n) is 10.8. The first kappa shape index (κ1) is 13.4. The van der Waals surface area contributed by atoms with Crippen LogP contribution in [0.15, 0.2) is 22.6 Å². The largest absolute Gasteiger partial charge is 0.439 e. The number of fused-ring (bicyclic) bond motifs is 1. The average molecular weight is 284 g/mol. The minimum Gasteiger partial charge on any atom is -0.439 e. The smallest absolute Gasteiger partial charge is 0.416 e. The van der Waals surface area contributed by atoms with Crippen molar-refractivity contribution < 1.29 is 17.6 Å². The maximum absolute atomic E-state index is 12.7. The summed E-state index contributed by atoms with van der Waals surface area (Å²) in [5.74, 6) is 0.353. The number of nitrogens with two attached hydrogens (primary N) is 1. The predicted molar refractivity (Wildman–Crippen MR) is 68.0 cm³/mol. The first-order chi connectivity index (χ1) is 9.38. The topological polar surface area (TPSA) is 52.0 Å². The number of aromatic nitrogens is 1. The lowest BCUT2D eigenvalue weighted by Crippen LogP contribution is -2.38. The fourth-order valence-corrected chi connectivity index (χ4v) is 2.71. The Bertz CT molecular complexity index is 627. The van der Waals surface area contributed by atoms with Gasteiger partial charge in [-0.25, -0.2) is 4.98 Å². The van der Waals surface area contributed by atoms with E-state index in [2.05, 4.69) is 4.98 Å². The molecule has 0 saturated heterocycles. The molecule has 0 radical (unpaired) electrons. The summed E-state index contributed by atoms with van der Waals surface area (Å²) in [5, 5.41) is 0. The molecule has 0 amide bonds. The van der Waals surface area contributed by atoms with Crippen LogP contribution in [0.25, 0.3) is 11.1 Å². The molecule has 1 saturated carbocycles. The summed E-state index contributed by atoms with van der Waals surface area (Å²) in [7, 11) is 0. The number of oxazole rings is 1. The van der Waals surface area contributed by atoms with Crippen LogP contribution in [0.4, 0.5) is 13.2 Å². The monoisotopic (exact) mass is 284 g/mol. The molecule has 2 aromatic rings. The van der Waals surface area contributed by atoms with Gasteiger partial charge in [0.25, 0.3) is 0 Å². The third-order valence-corrected chi connectivity index (χ3v) is 3.89. The first-order valence-electron chi connectivity index (χ1n) is 6.66. The van der Waals surface area contributed by atoms with E-state index in [1.165, 1.54) is 6.07 Å². The Kier molecular flexibility index (Phi) is 3.01. The summed E-state index contributed by atoms with van der Waals surface area (Å²) in [6.45, 7) is 0. The molecule has 1 heterocycles. The molecule has 0 bridgehead atoms. The Morgan fingerprint density at radius 3 is 2.50 bits per heavy atom. The second-order valence-corrected chi connectivity index (χ2v) is 5.42. The van der Waals surface area contributed by atoms with Gasteiger partial charge >= 0.3 is 6.18 Å². The van der Waals surface area contributed by atoms with E-state index in [9.17, 15) is 13.2 Å². The lowest BCUT2D eigenvalue weighted by molar-refractivity contribution is -0.137. The Hall–Kier alpha value is -1.56. The van der Waals surface area contributed by atoms with Crippen LogP contribution in [0, 0.1) is 0 Å². The molecule has 3 rings (SSSR count). The van der Waals surface area contributed by atoms with Crippen LogP contribution < -0.4 is 5.73 Å². The van der Waals surface area contributed by atoms with Gasteiger partial charge in [-0.05, 0) is 31.0 Å². The van der Waals surface area contributed by atoms with Crippen molar-refractivity contribution in [3.63, 3.8) is 0 Å². The first-order valence-corrected chi connectivity index (χ1v) is 6.66. The molecule has 108 valence electrons. The van der Waals surface area contributed by atoms with Crippen LogP contribution in [0.3, 0.4) is 0 Å². The number of rotatable bonds is 1. The van der Waals surface area contributed by atoms with Crippen molar-refractivity contribution >= 4 is 11.1 Å². The standard InChI is InChI=1S/C14H15F3N2O/c15-14(16,17)9-4-5-11-10(8-9)19-12(20-11)13(18)6-2-1-3-7-13/h4-5,8H,1-3,6-7,18H2. The number of nitrogens with zero attached hydrogens (tertiary/aromatic N) is 1. The number of alkyl halides is 3. The molecule has 2 N–H and O–H groups in total. The van der Waals surface area contributed by atoms with Crippen molar-refractivity contribution in [2.24, 2.45) is 5.73 Å². The van der Waals surface area contributed by atoms with Crippen molar-refractivity contribution in [2.45, 2.75) is 43.8 Å². The third kappa shape index (κ3) is 2.28. The summed E-state index contributed by atoms with van der Waals surface area (Å²) in [5.41, 5.74) is 5.49. The Morgan fingerprint density at radius 2 is 1.85 bits per heavy atom. The normalized spacial score (nSPS) is 19.4. The van der Waals surface area contributed by atoms with Crippen LogP contribution in [0.5, 0.6) is 0 Å². The maximum atomic E-state index is 12.7. The van der Waals surface area contributed by atoms with Gasteiger partial charge in [0.15, 0.2) is 5.58 Å². The quantitative estimate of drug-likeness (QED) is 0.862. The van der Waals surface area contributed by atoms with Crippen molar-refractivity contribution in [1.82, 2.24) is 4.98 Å². The molecule has 0 spiro atoms. The molecule has 3 nitrogen and oxygen atoms in total. The fourth-order valence-electron chi connectivity index (χ4n) is 2.71. The highest BCUT2D eigenvalue weighted by molar-refractivity contribution is 5.73. The zero-order valence-corrected chi connectivity index (χ0v) is 10.8. The minimum atomic E-state index is -4.38. The van der Waals surface area contributed by atoms with Gasteiger partial charge in [-0.3, -0.25) is 0 Å². The summed E-state index contributed by atoms with van der Waals surface area (Å²) in [6.07, 6.45) is 0.236. The third-order valence-electron chi connectivity index (χ3n) is 3.89. The lowest BCUT2D eigenvalue weighted by atomic mass is 9.82. The number of hydrogen-bond acceptors (Lipinski definition) is 3. The molecular formula is C14H15F3N2O. The van der Waals surface area contributed by atoms with Crippen molar-refractivity contribution in [2.75, 3.05) is 0 Å². The van der Waals surface area contributed by atoms with Gasteiger partial charge in [-0.15, -0.1) is 0 Å². The fraction of sp³-hybridized carbons (Fsp3) is 0.500. The van der Waals surface area contributed by atoms with Gasteiger partial charge in [0, 0.05) is 0 Å². The lowest BCUT2D eigenvalue weighted by Gasteiger charge is -2.29. The van der Waals surface area contributed by atoms with Crippen LogP contribution in [0.2, 0.25) is 0 Å². The van der Waals surface area contributed by atoms with Gasteiger partial charge in [0.2, 0.25) is 5.89 Å². The molecule has 20 heavy (non-hydrogen) atoms. The predicted octanol–water partition coefficient (Wildman–Crippen LogP) is 3.96. The number of halogens is 3. The Labute approximate surface area is 114 Å². The molecule has 1 aromatic carbocycles. The second-order valence-electron chi connectivity index (χ2n) is 5.42. The average Bonchev–Trinajstić information content (AvgIpc) is 2.82. The number of hydrogen-bond donors (Lipinski definition) is 1. The number of benzene rings is 1. The van der Waals surface area contributed by atoms with E-state index in [0.717, 1.165) is 44.2 Å². The van der Waals surface area contributed by atoms with E-state index in [0.29, 0.717) is 11.5 Å². The van der Waals surface area contributed by atoms with E-state index in [4.69, 9.17) is 10.2 Å². The van der Waals surface area contributed by atoms with Crippen LogP contribution >= 0.6 is 0 Å². The van der Waals surface area contributed by atoms with E-state index < -0.39 is 17.3 Å². The van der Waals surface area contributed by atoms with E-state index >= 15 is 0 Å². The second kappa shape index (κ2) is 4.48. The molecular weight excluding hydrogens is 269 g/mol. The van der Waals surface area contributed by atoms with Crippen LogP contribution in [-0.4, -0.2) is 4.98 Å². The van der Waals surface area contributed by atoms with Gasteiger partial charge in [-0.2, -0.15) is 13.2 Å². The van der Waals surface area contributed by atoms with Gasteiger partial charge in [0.1, 0.15) is 5.52 Å². The van der Waals surface area contributed by atoms with Crippen molar-refractivity contribution in [3.05, 3.63) is 29.7 Å². The molecule has 1 fully saturated rings. The molecule has 6 heteroatoms.